The van der Waals surface area contributed by atoms with E-state index in [-0.39, 0.29) is 5.69 Å². The van der Waals surface area contributed by atoms with Gasteiger partial charge in [-0.1, -0.05) is 42.5 Å². The Labute approximate surface area is 125 Å². The summed E-state index contributed by atoms with van der Waals surface area (Å²) in [4.78, 5) is 10.1. The van der Waals surface area contributed by atoms with Crippen LogP contribution in [0.2, 0.25) is 0 Å². The fourth-order valence-corrected chi connectivity index (χ4v) is 4.34. The van der Waals surface area contributed by atoms with E-state index in [0.29, 0.717) is 11.1 Å². The molecule has 0 radical (unpaired) electrons. The van der Waals surface area contributed by atoms with Crippen molar-refractivity contribution in [2.75, 3.05) is 0 Å². The van der Waals surface area contributed by atoms with Gasteiger partial charge < -0.3 is 0 Å². The Kier molecular flexibility index (Phi) is 4.48. The van der Waals surface area contributed by atoms with Crippen LogP contribution in [0.3, 0.4) is 0 Å². The molecule has 2 rings (SSSR count). The van der Waals surface area contributed by atoms with Gasteiger partial charge in [0.05, 0.1) is 10.6 Å². The van der Waals surface area contributed by atoms with Crippen LogP contribution in [0, 0.1) is 10.1 Å². The van der Waals surface area contributed by atoms with Crippen LogP contribution in [-0.4, -0.2) is 4.92 Å². The summed E-state index contributed by atoms with van der Waals surface area (Å²) in [6.45, 7) is 0. The lowest BCUT2D eigenvalue weighted by Crippen LogP contribution is -1.98. The highest BCUT2D eigenvalue weighted by Crippen LogP contribution is 2.69. The molecule has 0 aromatic heterocycles. The second-order valence-corrected chi connectivity index (χ2v) is 9.22. The zero-order valence-electron chi connectivity index (χ0n) is 10.1. The van der Waals surface area contributed by atoms with Crippen LogP contribution in [0.5, 0.6) is 0 Å². The first-order chi connectivity index (χ1) is 9.39. The van der Waals surface area contributed by atoms with Gasteiger partial charge in [0.1, 0.15) is 0 Å². The van der Waals surface area contributed by atoms with Gasteiger partial charge in [-0.05, 0) is 33.6 Å². The molecule has 2 aromatic carbocycles. The third kappa shape index (κ3) is 3.40. The largest absolute Gasteiger partial charge is 0.288 e. The lowest BCUT2D eigenvalue weighted by Gasteiger charge is -2.18. The monoisotopic (exact) mass is 329 g/mol. The van der Waals surface area contributed by atoms with Crippen molar-refractivity contribution in [1.29, 1.82) is 0 Å². The minimum Gasteiger partial charge on any atom is -0.288 e. The summed E-state index contributed by atoms with van der Waals surface area (Å²) in [5.74, 6) is -3.48. The van der Waals surface area contributed by atoms with Gasteiger partial charge in [-0.15, -0.1) is 0 Å². The fourth-order valence-electron chi connectivity index (χ4n) is 1.95. The van der Waals surface area contributed by atoms with Crippen LogP contribution in [0.25, 0.3) is 0 Å². The van der Waals surface area contributed by atoms with E-state index in [1.165, 1.54) is 24.3 Å². The van der Waals surface area contributed by atoms with Crippen LogP contribution >= 0.6 is 28.3 Å². The Morgan fingerprint density at radius 2 is 1.45 bits per heavy atom. The molecule has 0 saturated heterocycles. The van der Waals surface area contributed by atoms with Gasteiger partial charge in [0.2, 0.25) is 0 Å². The number of nitro benzene ring substituents is 1. The van der Waals surface area contributed by atoms with Crippen LogP contribution in [-0.2, 0) is 4.57 Å². The van der Waals surface area contributed by atoms with Crippen molar-refractivity contribution in [3.05, 3.63) is 75.8 Å². The zero-order chi connectivity index (χ0) is 14.8. The second-order valence-electron chi connectivity index (χ2n) is 4.16. The normalized spacial score (nSPS) is 12.9. The van der Waals surface area contributed by atoms with Crippen molar-refractivity contribution in [3.63, 3.8) is 0 Å². The molecule has 0 heterocycles. The van der Waals surface area contributed by atoms with Crippen molar-refractivity contribution in [1.82, 2.24) is 0 Å². The number of benzene rings is 2. The third-order valence-corrected chi connectivity index (χ3v) is 5.20. The van der Waals surface area contributed by atoms with Crippen molar-refractivity contribution in [2.45, 2.75) is 5.66 Å². The summed E-state index contributed by atoms with van der Waals surface area (Å²) < 4.78 is 12.1. The topological polar surface area (TPSA) is 60.2 Å². The molecular formula is C13H10Cl2NO3P. The van der Waals surface area contributed by atoms with Crippen LogP contribution in [0.15, 0.2) is 54.6 Å². The molecule has 20 heavy (non-hydrogen) atoms. The molecule has 0 amide bonds. The summed E-state index contributed by atoms with van der Waals surface area (Å²) in [6, 6.07) is 14.7. The molecule has 7 heteroatoms. The van der Waals surface area contributed by atoms with Crippen molar-refractivity contribution < 1.29 is 9.49 Å². The van der Waals surface area contributed by atoms with E-state index in [1.54, 1.807) is 24.3 Å². The first kappa shape index (κ1) is 15.0. The van der Waals surface area contributed by atoms with Gasteiger partial charge in [-0.2, -0.15) is 0 Å². The number of rotatable bonds is 4. The second kappa shape index (κ2) is 5.96. The quantitative estimate of drug-likeness (QED) is 0.431. The number of nitro groups is 1. The minimum absolute atomic E-state index is 0.0421. The smallest absolute Gasteiger partial charge is 0.269 e. The fraction of sp³-hybridized carbons (Fsp3) is 0.0769. The van der Waals surface area contributed by atoms with Gasteiger partial charge in [0.25, 0.3) is 11.5 Å². The predicted molar refractivity (Wildman–Crippen MR) is 80.7 cm³/mol. The lowest BCUT2D eigenvalue weighted by molar-refractivity contribution is -0.384. The predicted octanol–water partition coefficient (Wildman–Crippen LogP) is 5.35. The Hall–Kier alpha value is -1.35. The first-order valence-corrected chi connectivity index (χ1v) is 9.26. The minimum atomic E-state index is -3.48. The highest BCUT2D eigenvalue weighted by molar-refractivity contribution is 8.08. The van der Waals surface area contributed by atoms with Gasteiger partial charge in [-0.25, -0.2) is 0 Å². The number of halogens is 2. The SMILES string of the molecule is O=[N+]([O-])c1ccc(C(c2ccccc2)P(=O)(Cl)Cl)cc1. The van der Waals surface area contributed by atoms with Gasteiger partial charge in [0.15, 0.2) is 0 Å². The molecule has 1 atom stereocenters. The van der Waals surface area contributed by atoms with Crippen LogP contribution < -0.4 is 0 Å². The maximum Gasteiger partial charge on any atom is 0.269 e. The Morgan fingerprint density at radius 1 is 0.950 bits per heavy atom. The maximum atomic E-state index is 12.1. The van der Waals surface area contributed by atoms with E-state index in [0.717, 1.165) is 0 Å². The van der Waals surface area contributed by atoms with E-state index in [1.807, 2.05) is 6.07 Å². The van der Waals surface area contributed by atoms with Crippen LogP contribution in [0.4, 0.5) is 5.69 Å². The maximum absolute atomic E-state index is 12.1. The number of hydrogen-bond donors (Lipinski definition) is 0. The molecule has 4 nitrogen and oxygen atoms in total. The Bertz CT molecular complexity index is 655. The highest BCUT2D eigenvalue weighted by atomic mass is 35.9. The van der Waals surface area contributed by atoms with E-state index in [4.69, 9.17) is 22.5 Å². The number of hydrogen-bond acceptors (Lipinski definition) is 3. The molecule has 2 aromatic rings. The summed E-state index contributed by atoms with van der Waals surface area (Å²) in [6.07, 6.45) is 0. The summed E-state index contributed by atoms with van der Waals surface area (Å²) in [5.41, 5.74) is 0.539. The van der Waals surface area contributed by atoms with Crippen molar-refractivity contribution >= 4 is 34.0 Å². The Balaban J connectivity index is 2.48. The van der Waals surface area contributed by atoms with Crippen LogP contribution in [0.1, 0.15) is 16.8 Å². The van der Waals surface area contributed by atoms with Crippen molar-refractivity contribution in [2.24, 2.45) is 0 Å². The molecule has 0 fully saturated rings. The zero-order valence-corrected chi connectivity index (χ0v) is 12.6. The van der Waals surface area contributed by atoms with Gasteiger partial charge in [-0.3, -0.25) is 14.7 Å². The van der Waals surface area contributed by atoms with E-state index in [2.05, 4.69) is 0 Å². The van der Waals surface area contributed by atoms with E-state index >= 15 is 0 Å². The highest BCUT2D eigenvalue weighted by Gasteiger charge is 2.32. The van der Waals surface area contributed by atoms with Gasteiger partial charge >= 0.3 is 0 Å². The summed E-state index contributed by atoms with van der Waals surface area (Å²) in [7, 11) is 0. The average Bonchev–Trinajstić information content (AvgIpc) is 2.39. The van der Waals surface area contributed by atoms with E-state index in [9.17, 15) is 14.7 Å². The van der Waals surface area contributed by atoms with E-state index < -0.39 is 16.4 Å². The number of nitrogens with zero attached hydrogens (tertiary/aromatic N) is 1. The summed E-state index contributed by atoms with van der Waals surface area (Å²) >= 11 is 11.7. The molecule has 0 aliphatic rings. The lowest BCUT2D eigenvalue weighted by atomic mass is 10.0. The molecule has 0 saturated carbocycles. The molecule has 0 N–H and O–H groups in total. The first-order valence-electron chi connectivity index (χ1n) is 5.68. The molecule has 0 aliphatic carbocycles. The molecular weight excluding hydrogens is 320 g/mol. The molecule has 0 bridgehead atoms. The molecule has 104 valence electrons. The standard InChI is InChI=1S/C13H10Cl2NO3P/c14-20(15,19)13(10-4-2-1-3-5-10)11-6-8-12(9-7-11)16(17)18/h1-9,13H. The Morgan fingerprint density at radius 3 is 1.90 bits per heavy atom. The number of non-ortho nitro benzene ring substituents is 1. The molecule has 0 spiro atoms. The average molecular weight is 330 g/mol. The summed E-state index contributed by atoms with van der Waals surface area (Å²) in [5, 5.41) is 10.6. The van der Waals surface area contributed by atoms with Crippen molar-refractivity contribution in [3.8, 4) is 0 Å². The third-order valence-electron chi connectivity index (χ3n) is 2.84. The molecule has 0 aliphatic heterocycles. The van der Waals surface area contributed by atoms with Gasteiger partial charge in [0, 0.05) is 12.1 Å². The molecule has 1 unspecified atom stereocenters.